The van der Waals surface area contributed by atoms with Gasteiger partial charge in [0.05, 0.1) is 11.3 Å². The van der Waals surface area contributed by atoms with E-state index >= 15 is 0 Å². The fourth-order valence-electron chi connectivity index (χ4n) is 4.60. The molecule has 1 saturated carbocycles. The summed E-state index contributed by atoms with van der Waals surface area (Å²) in [4.78, 5) is 52.4. The summed E-state index contributed by atoms with van der Waals surface area (Å²) >= 11 is 5.96. The number of nitrogens with one attached hydrogen (secondary N) is 3. The molecule has 1 atom stereocenters. The highest BCUT2D eigenvalue weighted by Crippen LogP contribution is 2.33. The molecule has 9 heteroatoms. The average molecular weight is 483 g/mol. The Hall–Kier alpha value is -3.39. The van der Waals surface area contributed by atoms with Crippen LogP contribution < -0.4 is 16.0 Å². The minimum absolute atomic E-state index is 0.136. The number of rotatable bonds is 7. The predicted octanol–water partition coefficient (Wildman–Crippen LogP) is 3.81. The Bertz CT molecular complexity index is 1110. The lowest BCUT2D eigenvalue weighted by Gasteiger charge is -2.25. The third-order valence-corrected chi connectivity index (χ3v) is 6.73. The molecule has 2 aliphatic rings. The molecule has 1 saturated heterocycles. The molecule has 2 fully saturated rings. The van der Waals surface area contributed by atoms with Gasteiger partial charge in [0.25, 0.3) is 11.8 Å². The van der Waals surface area contributed by atoms with Crippen LogP contribution in [0.25, 0.3) is 0 Å². The Labute approximate surface area is 203 Å². The minimum atomic E-state index is -1.26. The first-order valence-corrected chi connectivity index (χ1v) is 11.8. The van der Waals surface area contributed by atoms with Crippen LogP contribution in [0.3, 0.4) is 0 Å². The number of amides is 5. The summed E-state index contributed by atoms with van der Waals surface area (Å²) in [6.45, 7) is 1.31. The standard InChI is InChI=1S/C25H27ClN4O4/c1-2-25(16-11-13-17(26)14-12-16)23(33)30(24(34)29-25)15-21(31)28-20-10-6-5-9-19(20)22(32)27-18-7-3-4-8-18/h5-6,9-14,18H,2-4,7-8,15H2,1H3,(H,27,32)(H,28,31)(H,29,34). The van der Waals surface area contributed by atoms with Gasteiger partial charge in [0, 0.05) is 11.1 Å². The average Bonchev–Trinajstić information content (AvgIpc) is 3.42. The fraction of sp³-hybridized carbons (Fsp3) is 0.360. The Morgan fingerprint density at radius 1 is 1.09 bits per heavy atom. The van der Waals surface area contributed by atoms with Crippen molar-refractivity contribution in [2.24, 2.45) is 0 Å². The summed E-state index contributed by atoms with van der Waals surface area (Å²) in [7, 11) is 0. The molecule has 178 valence electrons. The third kappa shape index (κ3) is 4.63. The van der Waals surface area contributed by atoms with Crippen molar-refractivity contribution in [3.8, 4) is 0 Å². The molecule has 0 bridgehead atoms. The van der Waals surface area contributed by atoms with Gasteiger partial charge >= 0.3 is 6.03 Å². The van der Waals surface area contributed by atoms with Gasteiger partial charge in [0.15, 0.2) is 0 Å². The molecular weight excluding hydrogens is 456 g/mol. The molecule has 2 aromatic carbocycles. The summed E-state index contributed by atoms with van der Waals surface area (Å²) in [5.74, 6) is -1.34. The van der Waals surface area contributed by atoms with E-state index in [9.17, 15) is 19.2 Å². The second-order valence-corrected chi connectivity index (χ2v) is 9.07. The first-order chi connectivity index (χ1) is 16.3. The van der Waals surface area contributed by atoms with Crippen LogP contribution in [-0.4, -0.2) is 41.2 Å². The molecular formula is C25H27ClN4O4. The fourth-order valence-corrected chi connectivity index (χ4v) is 4.73. The number of benzene rings is 2. The van der Waals surface area contributed by atoms with E-state index in [1.165, 1.54) is 0 Å². The van der Waals surface area contributed by atoms with Crippen LogP contribution >= 0.6 is 11.6 Å². The second kappa shape index (κ2) is 9.85. The maximum absolute atomic E-state index is 13.3. The number of halogens is 1. The lowest BCUT2D eigenvalue weighted by molar-refractivity contribution is -0.134. The van der Waals surface area contributed by atoms with Crippen LogP contribution in [-0.2, 0) is 15.1 Å². The van der Waals surface area contributed by atoms with Gasteiger partial charge < -0.3 is 16.0 Å². The monoisotopic (exact) mass is 482 g/mol. The molecule has 1 unspecified atom stereocenters. The Balaban J connectivity index is 1.47. The number of hydrogen-bond acceptors (Lipinski definition) is 4. The first kappa shape index (κ1) is 23.8. The number of urea groups is 1. The topological polar surface area (TPSA) is 108 Å². The Kier molecular flexibility index (Phi) is 6.88. The molecule has 4 rings (SSSR count). The summed E-state index contributed by atoms with van der Waals surface area (Å²) in [6.07, 6.45) is 4.37. The summed E-state index contributed by atoms with van der Waals surface area (Å²) < 4.78 is 0. The molecule has 2 aromatic rings. The van der Waals surface area contributed by atoms with Crippen molar-refractivity contribution >= 4 is 41.0 Å². The van der Waals surface area contributed by atoms with Crippen molar-refractivity contribution in [2.75, 3.05) is 11.9 Å². The zero-order chi connectivity index (χ0) is 24.3. The first-order valence-electron chi connectivity index (χ1n) is 11.4. The van der Waals surface area contributed by atoms with E-state index in [1.807, 2.05) is 0 Å². The summed E-state index contributed by atoms with van der Waals surface area (Å²) in [6, 6.07) is 12.8. The highest BCUT2D eigenvalue weighted by Gasteiger charge is 2.51. The zero-order valence-corrected chi connectivity index (χ0v) is 19.7. The van der Waals surface area contributed by atoms with E-state index in [4.69, 9.17) is 11.6 Å². The number of carbonyl (C=O) groups is 4. The van der Waals surface area contributed by atoms with Crippen molar-refractivity contribution in [2.45, 2.75) is 50.6 Å². The number of para-hydroxylation sites is 1. The largest absolute Gasteiger partial charge is 0.349 e. The molecule has 1 aliphatic carbocycles. The van der Waals surface area contributed by atoms with Crippen LogP contribution in [0.2, 0.25) is 5.02 Å². The zero-order valence-electron chi connectivity index (χ0n) is 18.9. The minimum Gasteiger partial charge on any atom is -0.349 e. The van der Waals surface area contributed by atoms with Gasteiger partial charge in [-0.05, 0) is 49.1 Å². The number of nitrogens with zero attached hydrogens (tertiary/aromatic N) is 1. The predicted molar refractivity (Wildman–Crippen MR) is 128 cm³/mol. The van der Waals surface area contributed by atoms with E-state index in [1.54, 1.807) is 55.5 Å². The molecule has 34 heavy (non-hydrogen) atoms. The second-order valence-electron chi connectivity index (χ2n) is 8.64. The Morgan fingerprint density at radius 2 is 1.76 bits per heavy atom. The third-order valence-electron chi connectivity index (χ3n) is 6.48. The van der Waals surface area contributed by atoms with Crippen molar-refractivity contribution in [1.29, 1.82) is 0 Å². The van der Waals surface area contributed by atoms with E-state index in [0.717, 1.165) is 30.6 Å². The van der Waals surface area contributed by atoms with E-state index in [-0.39, 0.29) is 11.9 Å². The van der Waals surface area contributed by atoms with E-state index < -0.39 is 29.9 Å². The normalized spacial score (nSPS) is 20.4. The molecule has 3 N–H and O–H groups in total. The molecule has 1 aliphatic heterocycles. The SMILES string of the molecule is CCC1(c2ccc(Cl)cc2)NC(=O)N(CC(=O)Nc2ccccc2C(=O)NC2CCCC2)C1=O. The Morgan fingerprint density at radius 3 is 2.44 bits per heavy atom. The van der Waals surface area contributed by atoms with Crippen LogP contribution in [0.5, 0.6) is 0 Å². The lowest BCUT2D eigenvalue weighted by atomic mass is 9.87. The van der Waals surface area contributed by atoms with Gasteiger partial charge in [-0.1, -0.05) is 55.6 Å². The van der Waals surface area contributed by atoms with Gasteiger partial charge in [-0.2, -0.15) is 0 Å². The maximum Gasteiger partial charge on any atom is 0.325 e. The van der Waals surface area contributed by atoms with Gasteiger partial charge in [0.2, 0.25) is 5.91 Å². The quantitative estimate of drug-likeness (QED) is 0.521. The van der Waals surface area contributed by atoms with Gasteiger partial charge in [-0.3, -0.25) is 19.3 Å². The molecule has 1 heterocycles. The van der Waals surface area contributed by atoms with E-state index in [2.05, 4.69) is 16.0 Å². The molecule has 5 amide bonds. The van der Waals surface area contributed by atoms with Crippen molar-refractivity contribution < 1.29 is 19.2 Å². The number of imide groups is 1. The van der Waals surface area contributed by atoms with Crippen molar-refractivity contribution in [3.63, 3.8) is 0 Å². The van der Waals surface area contributed by atoms with Crippen LogP contribution in [0.15, 0.2) is 48.5 Å². The van der Waals surface area contributed by atoms with Gasteiger partial charge in [-0.15, -0.1) is 0 Å². The molecule has 0 spiro atoms. The summed E-state index contributed by atoms with van der Waals surface area (Å²) in [5.41, 5.74) is -0.00536. The highest BCUT2D eigenvalue weighted by molar-refractivity contribution is 6.30. The number of anilines is 1. The molecule has 0 aromatic heterocycles. The molecule has 8 nitrogen and oxygen atoms in total. The highest BCUT2D eigenvalue weighted by atomic mass is 35.5. The number of hydrogen-bond donors (Lipinski definition) is 3. The van der Waals surface area contributed by atoms with Crippen LogP contribution in [0.4, 0.5) is 10.5 Å². The van der Waals surface area contributed by atoms with Gasteiger partial charge in [-0.25, -0.2) is 4.79 Å². The van der Waals surface area contributed by atoms with Crippen molar-refractivity contribution in [1.82, 2.24) is 15.5 Å². The number of carbonyl (C=O) groups excluding carboxylic acids is 4. The van der Waals surface area contributed by atoms with Crippen LogP contribution in [0, 0.1) is 0 Å². The smallest absolute Gasteiger partial charge is 0.325 e. The molecule has 0 radical (unpaired) electrons. The van der Waals surface area contributed by atoms with Crippen molar-refractivity contribution in [3.05, 3.63) is 64.7 Å². The maximum atomic E-state index is 13.3. The summed E-state index contributed by atoms with van der Waals surface area (Å²) in [5, 5.41) is 8.95. The van der Waals surface area contributed by atoms with Crippen LogP contribution in [0.1, 0.15) is 54.9 Å². The van der Waals surface area contributed by atoms with E-state index in [0.29, 0.717) is 28.3 Å². The lowest BCUT2D eigenvalue weighted by Crippen LogP contribution is -2.44. The van der Waals surface area contributed by atoms with Gasteiger partial charge in [0.1, 0.15) is 12.1 Å².